The molecule has 0 spiro atoms. The normalized spacial score (nSPS) is 20.7. The van der Waals surface area contributed by atoms with E-state index >= 15 is 0 Å². The van der Waals surface area contributed by atoms with Crippen molar-refractivity contribution >= 4 is 5.78 Å². The average molecular weight is 163 g/mol. The van der Waals surface area contributed by atoms with Crippen LogP contribution in [0.2, 0.25) is 0 Å². The maximum Gasteiger partial charge on any atom is 0.184 e. The van der Waals surface area contributed by atoms with Crippen molar-refractivity contribution in [1.82, 2.24) is 4.57 Å². The molecule has 0 N–H and O–H groups in total. The summed E-state index contributed by atoms with van der Waals surface area (Å²) in [6, 6.07) is 3.85. The van der Waals surface area contributed by atoms with Gasteiger partial charge in [0.2, 0.25) is 0 Å². The van der Waals surface area contributed by atoms with Crippen LogP contribution in [0.25, 0.3) is 0 Å². The van der Waals surface area contributed by atoms with E-state index in [1.54, 1.807) is 0 Å². The molecule has 64 valence electrons. The minimum Gasteiger partial charge on any atom is -0.345 e. The number of Topliss-reactive ketones (excluding diaryl/α,β-unsaturated/α-hetero) is 1. The smallest absolute Gasteiger partial charge is 0.184 e. The third kappa shape index (κ3) is 0.909. The van der Waals surface area contributed by atoms with Crippen LogP contribution in [-0.2, 0) is 6.54 Å². The highest BCUT2D eigenvalue weighted by Gasteiger charge is 2.33. The van der Waals surface area contributed by atoms with Gasteiger partial charge in [-0.1, -0.05) is 13.8 Å². The topological polar surface area (TPSA) is 22.0 Å². The second kappa shape index (κ2) is 2.22. The summed E-state index contributed by atoms with van der Waals surface area (Å²) >= 11 is 0. The zero-order valence-electron chi connectivity index (χ0n) is 7.50. The van der Waals surface area contributed by atoms with Crippen LogP contribution in [0, 0.1) is 5.41 Å². The second-order valence-corrected chi connectivity index (χ2v) is 4.05. The maximum absolute atomic E-state index is 11.8. The molecular formula is C10H13NO. The molecule has 0 radical (unpaired) electrons. The monoisotopic (exact) mass is 163 g/mol. The molecule has 0 atom stereocenters. The maximum atomic E-state index is 11.8. The SMILES string of the molecule is CC1(C)CCn2cccc2C1=O. The highest BCUT2D eigenvalue weighted by molar-refractivity contribution is 5.99. The molecule has 1 aromatic rings. The molecule has 0 amide bonds. The van der Waals surface area contributed by atoms with Gasteiger partial charge in [0.05, 0.1) is 5.69 Å². The lowest BCUT2D eigenvalue weighted by Gasteiger charge is -2.29. The fourth-order valence-electron chi connectivity index (χ4n) is 1.68. The quantitative estimate of drug-likeness (QED) is 0.574. The van der Waals surface area contributed by atoms with Crippen molar-refractivity contribution in [1.29, 1.82) is 0 Å². The highest BCUT2D eigenvalue weighted by atomic mass is 16.1. The summed E-state index contributed by atoms with van der Waals surface area (Å²) < 4.78 is 2.04. The molecule has 0 aromatic carbocycles. The summed E-state index contributed by atoms with van der Waals surface area (Å²) in [5.41, 5.74) is 0.709. The first kappa shape index (κ1) is 7.59. The number of aryl methyl sites for hydroxylation is 1. The lowest BCUT2D eigenvalue weighted by atomic mass is 9.81. The summed E-state index contributed by atoms with van der Waals surface area (Å²) in [6.45, 7) is 5.01. The van der Waals surface area contributed by atoms with Gasteiger partial charge in [-0.3, -0.25) is 4.79 Å². The van der Waals surface area contributed by atoms with E-state index in [1.807, 2.05) is 36.7 Å². The molecule has 0 saturated carbocycles. The minimum absolute atomic E-state index is 0.158. The van der Waals surface area contributed by atoms with Crippen LogP contribution in [0.5, 0.6) is 0 Å². The van der Waals surface area contributed by atoms with Crippen molar-refractivity contribution in [2.45, 2.75) is 26.8 Å². The molecule has 0 unspecified atom stereocenters. The van der Waals surface area contributed by atoms with E-state index in [0.717, 1.165) is 18.7 Å². The first-order valence-electron chi connectivity index (χ1n) is 4.31. The highest BCUT2D eigenvalue weighted by Crippen LogP contribution is 2.31. The molecule has 0 saturated heterocycles. The van der Waals surface area contributed by atoms with Gasteiger partial charge in [0, 0.05) is 18.2 Å². The molecule has 2 nitrogen and oxygen atoms in total. The molecular weight excluding hydrogens is 150 g/mol. The van der Waals surface area contributed by atoms with E-state index in [-0.39, 0.29) is 11.2 Å². The Morgan fingerprint density at radius 3 is 3.00 bits per heavy atom. The molecule has 1 aromatic heterocycles. The lowest BCUT2D eigenvalue weighted by Crippen LogP contribution is -2.32. The predicted molar refractivity (Wildman–Crippen MR) is 47.2 cm³/mol. The van der Waals surface area contributed by atoms with Crippen LogP contribution < -0.4 is 0 Å². The molecule has 12 heavy (non-hydrogen) atoms. The number of carbonyl (C=O) groups is 1. The second-order valence-electron chi connectivity index (χ2n) is 4.05. The Bertz CT molecular complexity index is 322. The van der Waals surface area contributed by atoms with E-state index in [9.17, 15) is 4.79 Å². The van der Waals surface area contributed by atoms with Crippen LogP contribution in [0.4, 0.5) is 0 Å². The molecule has 1 aliphatic rings. The van der Waals surface area contributed by atoms with Crippen molar-refractivity contribution in [3.63, 3.8) is 0 Å². The third-order valence-electron chi connectivity index (χ3n) is 2.65. The zero-order chi connectivity index (χ0) is 8.77. The number of hydrogen-bond acceptors (Lipinski definition) is 1. The van der Waals surface area contributed by atoms with Gasteiger partial charge < -0.3 is 4.57 Å². The fourth-order valence-corrected chi connectivity index (χ4v) is 1.68. The van der Waals surface area contributed by atoms with Crippen molar-refractivity contribution in [2.75, 3.05) is 0 Å². The van der Waals surface area contributed by atoms with Crippen molar-refractivity contribution in [3.05, 3.63) is 24.0 Å². The van der Waals surface area contributed by atoms with Gasteiger partial charge in [-0.05, 0) is 18.6 Å². The number of hydrogen-bond donors (Lipinski definition) is 0. The molecule has 1 aliphatic heterocycles. The lowest BCUT2D eigenvalue weighted by molar-refractivity contribution is 0.0779. The third-order valence-corrected chi connectivity index (χ3v) is 2.65. The van der Waals surface area contributed by atoms with Crippen molar-refractivity contribution < 1.29 is 4.79 Å². The van der Waals surface area contributed by atoms with E-state index in [4.69, 9.17) is 0 Å². The van der Waals surface area contributed by atoms with E-state index in [2.05, 4.69) is 0 Å². The van der Waals surface area contributed by atoms with Crippen molar-refractivity contribution in [2.24, 2.45) is 5.41 Å². The van der Waals surface area contributed by atoms with Crippen LogP contribution in [0.15, 0.2) is 18.3 Å². The minimum atomic E-state index is -0.158. The molecule has 0 bridgehead atoms. The Morgan fingerprint density at radius 1 is 1.50 bits per heavy atom. The largest absolute Gasteiger partial charge is 0.345 e. The van der Waals surface area contributed by atoms with Gasteiger partial charge in [0.15, 0.2) is 5.78 Å². The Hall–Kier alpha value is -1.05. The van der Waals surface area contributed by atoms with Gasteiger partial charge in [0.25, 0.3) is 0 Å². The van der Waals surface area contributed by atoms with Gasteiger partial charge in [-0.2, -0.15) is 0 Å². The molecule has 2 rings (SSSR count). The summed E-state index contributed by atoms with van der Waals surface area (Å²) in [5.74, 6) is 0.277. The van der Waals surface area contributed by atoms with Gasteiger partial charge in [0.1, 0.15) is 0 Å². The predicted octanol–water partition coefficient (Wildman–Crippen LogP) is 2.10. The molecule has 2 heteroatoms. The molecule has 0 aliphatic carbocycles. The first-order valence-corrected chi connectivity index (χ1v) is 4.31. The molecule has 2 heterocycles. The zero-order valence-corrected chi connectivity index (χ0v) is 7.50. The van der Waals surface area contributed by atoms with Crippen LogP contribution >= 0.6 is 0 Å². The summed E-state index contributed by atoms with van der Waals surface area (Å²) in [5, 5.41) is 0. The van der Waals surface area contributed by atoms with E-state index in [0.29, 0.717) is 0 Å². The Morgan fingerprint density at radius 2 is 2.25 bits per heavy atom. The number of carbonyl (C=O) groups excluding carboxylic acids is 1. The average Bonchev–Trinajstić information content (AvgIpc) is 2.45. The number of rotatable bonds is 0. The first-order chi connectivity index (χ1) is 5.61. The number of aromatic nitrogens is 1. The summed E-state index contributed by atoms with van der Waals surface area (Å²) in [6.07, 6.45) is 2.93. The fraction of sp³-hybridized carbons (Fsp3) is 0.500. The van der Waals surface area contributed by atoms with E-state index in [1.165, 1.54) is 0 Å². The van der Waals surface area contributed by atoms with E-state index < -0.39 is 0 Å². The number of fused-ring (bicyclic) bond motifs is 1. The van der Waals surface area contributed by atoms with Gasteiger partial charge >= 0.3 is 0 Å². The van der Waals surface area contributed by atoms with Crippen molar-refractivity contribution in [3.8, 4) is 0 Å². The summed E-state index contributed by atoms with van der Waals surface area (Å²) in [4.78, 5) is 11.8. The number of ketones is 1. The van der Waals surface area contributed by atoms with Crippen LogP contribution in [0.1, 0.15) is 30.8 Å². The van der Waals surface area contributed by atoms with Gasteiger partial charge in [-0.25, -0.2) is 0 Å². The molecule has 0 fully saturated rings. The van der Waals surface area contributed by atoms with Gasteiger partial charge in [-0.15, -0.1) is 0 Å². The summed E-state index contributed by atoms with van der Waals surface area (Å²) in [7, 11) is 0. The number of nitrogens with zero attached hydrogens (tertiary/aromatic N) is 1. The Balaban J connectivity index is 2.49. The standard InChI is InChI=1S/C10H13NO/c1-10(2)5-7-11-6-3-4-8(11)9(10)12/h3-4,6H,5,7H2,1-2H3. The Labute approximate surface area is 72.2 Å². The van der Waals surface area contributed by atoms with Crippen LogP contribution in [0.3, 0.4) is 0 Å². The van der Waals surface area contributed by atoms with Crippen LogP contribution in [-0.4, -0.2) is 10.4 Å². The Kier molecular flexibility index (Phi) is 1.40.